The van der Waals surface area contributed by atoms with Gasteiger partial charge in [-0.3, -0.25) is 14.5 Å². The molecule has 0 bridgehead atoms. The third-order valence-corrected chi connectivity index (χ3v) is 5.36. The summed E-state index contributed by atoms with van der Waals surface area (Å²) in [6, 6.07) is 7.08. The van der Waals surface area contributed by atoms with E-state index in [2.05, 4.69) is 9.88 Å². The van der Waals surface area contributed by atoms with Crippen LogP contribution in [0.1, 0.15) is 33.6 Å². The first-order valence-corrected chi connectivity index (χ1v) is 8.71. The summed E-state index contributed by atoms with van der Waals surface area (Å²) in [5, 5.41) is 3.00. The number of piperidine rings is 1. The molecule has 0 saturated carbocycles. The van der Waals surface area contributed by atoms with Gasteiger partial charge in [0.15, 0.2) is 5.13 Å². The number of aromatic nitrogens is 1. The van der Waals surface area contributed by atoms with Crippen molar-refractivity contribution >= 4 is 28.3 Å². The second-order valence-corrected chi connectivity index (χ2v) is 6.91. The second kappa shape index (κ2) is 5.77. The van der Waals surface area contributed by atoms with E-state index in [9.17, 15) is 9.59 Å². The van der Waals surface area contributed by atoms with Gasteiger partial charge >= 0.3 is 0 Å². The zero-order valence-electron chi connectivity index (χ0n) is 12.6. The molecule has 4 rings (SSSR count). The Morgan fingerprint density at radius 2 is 1.91 bits per heavy atom. The topological polar surface area (TPSA) is 53.5 Å². The van der Waals surface area contributed by atoms with E-state index in [0.29, 0.717) is 23.6 Å². The smallest absolute Gasteiger partial charge is 0.261 e. The number of amides is 2. The molecule has 0 aliphatic carbocycles. The van der Waals surface area contributed by atoms with Gasteiger partial charge in [0.1, 0.15) is 0 Å². The largest absolute Gasteiger partial charge is 0.348 e. The number of rotatable bonds is 3. The summed E-state index contributed by atoms with van der Waals surface area (Å²) in [7, 11) is 0. The number of hydrogen-bond acceptors (Lipinski definition) is 5. The SMILES string of the molecule is O=C1c2ccccc2C(=O)N1C[C@@H]1CCCN(c2nccs2)C1. The number of anilines is 1. The Morgan fingerprint density at radius 3 is 2.57 bits per heavy atom. The molecule has 1 fully saturated rings. The molecule has 0 N–H and O–H groups in total. The van der Waals surface area contributed by atoms with Gasteiger partial charge in [-0.1, -0.05) is 12.1 Å². The van der Waals surface area contributed by atoms with E-state index in [4.69, 9.17) is 0 Å². The molecule has 23 heavy (non-hydrogen) atoms. The minimum Gasteiger partial charge on any atom is -0.348 e. The van der Waals surface area contributed by atoms with E-state index >= 15 is 0 Å². The van der Waals surface area contributed by atoms with Crippen molar-refractivity contribution in [3.63, 3.8) is 0 Å². The third-order valence-electron chi connectivity index (χ3n) is 4.53. The molecular formula is C17H17N3O2S. The van der Waals surface area contributed by atoms with Crippen LogP contribution in [0.3, 0.4) is 0 Å². The van der Waals surface area contributed by atoms with Crippen LogP contribution in [0.4, 0.5) is 5.13 Å². The fourth-order valence-electron chi connectivity index (χ4n) is 3.42. The Labute approximate surface area is 138 Å². The van der Waals surface area contributed by atoms with Crippen LogP contribution in [0.2, 0.25) is 0 Å². The molecule has 2 aliphatic rings. The summed E-state index contributed by atoms with van der Waals surface area (Å²) < 4.78 is 0. The molecule has 2 aliphatic heterocycles. The number of carbonyl (C=O) groups excluding carboxylic acids is 2. The number of fused-ring (bicyclic) bond motifs is 1. The zero-order valence-corrected chi connectivity index (χ0v) is 13.5. The first kappa shape index (κ1) is 14.4. The first-order chi connectivity index (χ1) is 11.2. The lowest BCUT2D eigenvalue weighted by atomic mass is 9.98. The van der Waals surface area contributed by atoms with Gasteiger partial charge in [-0.05, 0) is 30.9 Å². The monoisotopic (exact) mass is 327 g/mol. The standard InChI is InChI=1S/C17H17N3O2S/c21-15-13-5-1-2-6-14(13)16(22)20(15)11-12-4-3-8-19(10-12)17-18-7-9-23-17/h1-2,5-7,9,12H,3-4,8,10-11H2/t12-/m1/s1. The van der Waals surface area contributed by atoms with Crippen molar-refractivity contribution < 1.29 is 9.59 Å². The summed E-state index contributed by atoms with van der Waals surface area (Å²) in [4.78, 5) is 33.0. The van der Waals surface area contributed by atoms with Crippen LogP contribution in [-0.4, -0.2) is 41.3 Å². The minimum atomic E-state index is -0.156. The average Bonchev–Trinajstić information content (AvgIpc) is 3.20. The number of hydrogen-bond donors (Lipinski definition) is 0. The van der Waals surface area contributed by atoms with Crippen LogP contribution in [0.5, 0.6) is 0 Å². The number of benzene rings is 1. The molecule has 6 heteroatoms. The highest BCUT2D eigenvalue weighted by Crippen LogP contribution is 2.28. The number of nitrogens with zero attached hydrogens (tertiary/aromatic N) is 3. The first-order valence-electron chi connectivity index (χ1n) is 7.83. The van der Waals surface area contributed by atoms with Gasteiger partial charge in [-0.2, -0.15) is 0 Å². The average molecular weight is 327 g/mol. The molecule has 2 amide bonds. The predicted octanol–water partition coefficient (Wildman–Crippen LogP) is 2.66. The fourth-order valence-corrected chi connectivity index (χ4v) is 4.10. The number of thiazole rings is 1. The van der Waals surface area contributed by atoms with E-state index in [1.165, 1.54) is 4.90 Å². The lowest BCUT2D eigenvalue weighted by Gasteiger charge is -2.34. The van der Waals surface area contributed by atoms with Crippen molar-refractivity contribution in [1.82, 2.24) is 9.88 Å². The molecule has 5 nitrogen and oxygen atoms in total. The summed E-state index contributed by atoms with van der Waals surface area (Å²) in [6.07, 6.45) is 3.91. The van der Waals surface area contributed by atoms with E-state index in [0.717, 1.165) is 31.1 Å². The summed E-state index contributed by atoms with van der Waals surface area (Å²) in [5.74, 6) is -0.0104. The van der Waals surface area contributed by atoms with Gasteiger partial charge in [0.25, 0.3) is 11.8 Å². The van der Waals surface area contributed by atoms with Gasteiger partial charge in [0, 0.05) is 31.2 Å². The van der Waals surface area contributed by atoms with Gasteiger partial charge in [-0.25, -0.2) is 4.98 Å². The highest BCUT2D eigenvalue weighted by molar-refractivity contribution is 7.13. The van der Waals surface area contributed by atoms with Crippen LogP contribution < -0.4 is 4.90 Å². The summed E-state index contributed by atoms with van der Waals surface area (Å²) in [5.41, 5.74) is 1.06. The van der Waals surface area contributed by atoms with Crippen molar-refractivity contribution in [2.45, 2.75) is 12.8 Å². The zero-order chi connectivity index (χ0) is 15.8. The van der Waals surface area contributed by atoms with Crippen molar-refractivity contribution in [2.75, 3.05) is 24.5 Å². The molecule has 0 radical (unpaired) electrons. The maximum atomic E-state index is 12.5. The normalized spacial score (nSPS) is 21.0. The summed E-state index contributed by atoms with van der Waals surface area (Å²) in [6.45, 7) is 2.33. The van der Waals surface area contributed by atoms with E-state index < -0.39 is 0 Å². The molecule has 1 aromatic carbocycles. The van der Waals surface area contributed by atoms with Crippen molar-refractivity contribution in [3.8, 4) is 0 Å². The Morgan fingerprint density at radius 1 is 1.17 bits per heavy atom. The molecule has 0 spiro atoms. The minimum absolute atomic E-state index is 0.156. The van der Waals surface area contributed by atoms with Crippen molar-refractivity contribution in [3.05, 3.63) is 47.0 Å². The molecule has 2 aromatic rings. The van der Waals surface area contributed by atoms with E-state index in [1.807, 2.05) is 11.6 Å². The lowest BCUT2D eigenvalue weighted by molar-refractivity contribution is 0.0624. The molecule has 0 unspecified atom stereocenters. The molecule has 1 aromatic heterocycles. The van der Waals surface area contributed by atoms with Crippen molar-refractivity contribution in [1.29, 1.82) is 0 Å². The Kier molecular flexibility index (Phi) is 3.61. The molecule has 1 saturated heterocycles. The number of imide groups is 1. The summed E-state index contributed by atoms with van der Waals surface area (Å²) >= 11 is 1.63. The molecule has 3 heterocycles. The van der Waals surface area contributed by atoms with E-state index in [-0.39, 0.29) is 11.8 Å². The Hall–Kier alpha value is -2.21. The van der Waals surface area contributed by atoms with Crippen LogP contribution >= 0.6 is 11.3 Å². The van der Waals surface area contributed by atoms with Crippen LogP contribution in [0, 0.1) is 5.92 Å². The maximum absolute atomic E-state index is 12.5. The molecule has 1 atom stereocenters. The highest BCUT2D eigenvalue weighted by Gasteiger charge is 2.37. The Bertz CT molecular complexity index is 709. The second-order valence-electron chi connectivity index (χ2n) is 6.04. The van der Waals surface area contributed by atoms with E-state index in [1.54, 1.807) is 35.6 Å². The third kappa shape index (κ3) is 2.53. The maximum Gasteiger partial charge on any atom is 0.261 e. The Balaban J connectivity index is 1.48. The quantitative estimate of drug-likeness (QED) is 0.813. The van der Waals surface area contributed by atoms with Gasteiger partial charge in [0.05, 0.1) is 11.1 Å². The molecular weight excluding hydrogens is 310 g/mol. The van der Waals surface area contributed by atoms with Crippen LogP contribution in [0.25, 0.3) is 0 Å². The van der Waals surface area contributed by atoms with Crippen LogP contribution in [-0.2, 0) is 0 Å². The van der Waals surface area contributed by atoms with Gasteiger partial charge in [-0.15, -0.1) is 11.3 Å². The highest BCUT2D eigenvalue weighted by atomic mass is 32.1. The predicted molar refractivity (Wildman–Crippen MR) is 88.9 cm³/mol. The fraction of sp³-hybridized carbons (Fsp3) is 0.353. The van der Waals surface area contributed by atoms with Gasteiger partial charge in [0.2, 0.25) is 0 Å². The van der Waals surface area contributed by atoms with Crippen LogP contribution in [0.15, 0.2) is 35.8 Å². The number of carbonyl (C=O) groups is 2. The molecule has 118 valence electrons. The van der Waals surface area contributed by atoms with Gasteiger partial charge < -0.3 is 4.90 Å². The lowest BCUT2D eigenvalue weighted by Crippen LogP contribution is -2.42. The van der Waals surface area contributed by atoms with Crippen molar-refractivity contribution in [2.24, 2.45) is 5.92 Å².